The van der Waals surface area contributed by atoms with Gasteiger partial charge in [0.05, 0.1) is 0 Å². The smallest absolute Gasteiger partial charge is 0.130 e. The summed E-state index contributed by atoms with van der Waals surface area (Å²) in [7, 11) is 0. The summed E-state index contributed by atoms with van der Waals surface area (Å²) in [4.78, 5) is 0. The number of hydrogen-bond acceptors (Lipinski definition) is 1. The van der Waals surface area contributed by atoms with Crippen LogP contribution in [0.15, 0.2) is 60.4 Å². The van der Waals surface area contributed by atoms with Gasteiger partial charge in [0, 0.05) is 0 Å². The lowest BCUT2D eigenvalue weighted by molar-refractivity contribution is 0.439. The third-order valence-corrected chi connectivity index (χ3v) is 2.28. The first-order chi connectivity index (χ1) is 7.36. The lowest BCUT2D eigenvalue weighted by atomic mass is 10.2. The van der Waals surface area contributed by atoms with Crippen LogP contribution in [0.3, 0.4) is 0 Å². The number of aryl methyl sites for hydroxylation is 1. The molecule has 1 aromatic rings. The summed E-state index contributed by atoms with van der Waals surface area (Å²) < 4.78 is 5.80. The van der Waals surface area contributed by atoms with E-state index in [2.05, 4.69) is 25.1 Å². The molecular weight excluding hydrogens is 184 g/mol. The minimum atomic E-state index is 0.911. The van der Waals surface area contributed by atoms with Crippen LogP contribution >= 0.6 is 0 Å². The fourth-order valence-electron chi connectivity index (χ4n) is 1.43. The molecule has 1 aromatic carbocycles. The van der Waals surface area contributed by atoms with Crippen LogP contribution in [0.25, 0.3) is 0 Å². The largest absolute Gasteiger partial charge is 0.457 e. The topological polar surface area (TPSA) is 9.23 Å². The van der Waals surface area contributed by atoms with Crippen molar-refractivity contribution in [2.24, 2.45) is 0 Å². The van der Waals surface area contributed by atoms with Gasteiger partial charge >= 0.3 is 0 Å². The van der Waals surface area contributed by atoms with Crippen molar-refractivity contribution in [1.29, 1.82) is 0 Å². The van der Waals surface area contributed by atoms with Gasteiger partial charge in [-0.3, -0.25) is 0 Å². The van der Waals surface area contributed by atoms with Gasteiger partial charge in [0.2, 0.25) is 0 Å². The van der Waals surface area contributed by atoms with E-state index in [4.69, 9.17) is 4.74 Å². The van der Waals surface area contributed by atoms with Crippen molar-refractivity contribution in [3.8, 4) is 5.75 Å². The first-order valence-electron chi connectivity index (χ1n) is 5.13. The molecule has 76 valence electrons. The van der Waals surface area contributed by atoms with Crippen LogP contribution in [0, 0.1) is 6.92 Å². The first kappa shape index (κ1) is 9.78. The molecule has 0 spiro atoms. The molecule has 0 aliphatic heterocycles. The SMILES string of the molecule is Cc1ccccc1OC1=CCC=CC=C1. The highest BCUT2D eigenvalue weighted by molar-refractivity contribution is 5.35. The fraction of sp³-hybridized carbons (Fsp3) is 0.143. The molecule has 0 saturated carbocycles. The molecule has 0 amide bonds. The number of benzene rings is 1. The third kappa shape index (κ3) is 2.59. The Kier molecular flexibility index (Phi) is 3.03. The lowest BCUT2D eigenvalue weighted by Crippen LogP contribution is -1.93. The monoisotopic (exact) mass is 198 g/mol. The number of ether oxygens (including phenoxy) is 1. The fourth-order valence-corrected chi connectivity index (χ4v) is 1.43. The molecule has 2 rings (SSSR count). The Labute approximate surface area is 90.4 Å². The van der Waals surface area contributed by atoms with Crippen molar-refractivity contribution < 1.29 is 4.74 Å². The van der Waals surface area contributed by atoms with E-state index < -0.39 is 0 Å². The van der Waals surface area contributed by atoms with Gasteiger partial charge < -0.3 is 4.74 Å². The van der Waals surface area contributed by atoms with Gasteiger partial charge in [-0.05, 0) is 37.1 Å². The third-order valence-electron chi connectivity index (χ3n) is 2.28. The Morgan fingerprint density at radius 1 is 1.13 bits per heavy atom. The summed E-state index contributed by atoms with van der Waals surface area (Å²) >= 11 is 0. The predicted octanol–water partition coefficient (Wildman–Crippen LogP) is 3.77. The van der Waals surface area contributed by atoms with Crippen LogP contribution in [0.5, 0.6) is 5.75 Å². The van der Waals surface area contributed by atoms with Crippen molar-refractivity contribution in [1.82, 2.24) is 0 Å². The molecule has 1 heteroatoms. The first-order valence-corrected chi connectivity index (χ1v) is 5.13. The molecule has 0 heterocycles. The standard InChI is InChI=1S/C14H14O/c1-12-8-6-7-11-14(12)15-13-9-4-2-3-5-10-13/h2-4,6-11H,5H2,1H3. The van der Waals surface area contributed by atoms with Gasteiger partial charge in [-0.25, -0.2) is 0 Å². The van der Waals surface area contributed by atoms with Crippen LogP contribution in [0.1, 0.15) is 12.0 Å². The number of allylic oxidation sites excluding steroid dienone is 5. The molecule has 0 aromatic heterocycles. The van der Waals surface area contributed by atoms with Crippen LogP contribution in [-0.2, 0) is 0 Å². The van der Waals surface area contributed by atoms with E-state index in [0.717, 1.165) is 23.5 Å². The molecule has 0 unspecified atom stereocenters. The molecule has 0 bridgehead atoms. The summed E-state index contributed by atoms with van der Waals surface area (Å²) in [6.45, 7) is 2.05. The second-order valence-electron chi connectivity index (χ2n) is 3.50. The molecule has 15 heavy (non-hydrogen) atoms. The maximum Gasteiger partial charge on any atom is 0.130 e. The second-order valence-corrected chi connectivity index (χ2v) is 3.50. The zero-order valence-corrected chi connectivity index (χ0v) is 8.81. The Morgan fingerprint density at radius 2 is 2.00 bits per heavy atom. The van der Waals surface area contributed by atoms with Gasteiger partial charge in [-0.15, -0.1) is 0 Å². The molecule has 0 saturated heterocycles. The van der Waals surface area contributed by atoms with E-state index in [0.29, 0.717) is 0 Å². The quantitative estimate of drug-likeness (QED) is 0.702. The van der Waals surface area contributed by atoms with E-state index in [1.807, 2.05) is 36.4 Å². The molecular formula is C14H14O. The van der Waals surface area contributed by atoms with Gasteiger partial charge in [0.1, 0.15) is 11.5 Å². The van der Waals surface area contributed by atoms with Gasteiger partial charge in [-0.1, -0.05) is 36.4 Å². The summed E-state index contributed by atoms with van der Waals surface area (Å²) in [6.07, 6.45) is 11.1. The van der Waals surface area contributed by atoms with Crippen molar-refractivity contribution >= 4 is 0 Å². The summed E-state index contributed by atoms with van der Waals surface area (Å²) in [6, 6.07) is 8.04. The number of para-hydroxylation sites is 1. The lowest BCUT2D eigenvalue weighted by Gasteiger charge is -2.08. The van der Waals surface area contributed by atoms with E-state index in [-0.39, 0.29) is 0 Å². The molecule has 0 atom stereocenters. The Bertz CT molecular complexity index is 425. The second kappa shape index (κ2) is 4.65. The van der Waals surface area contributed by atoms with Crippen molar-refractivity contribution in [2.75, 3.05) is 0 Å². The normalized spacial score (nSPS) is 14.6. The average molecular weight is 198 g/mol. The summed E-state index contributed by atoms with van der Waals surface area (Å²) in [5.41, 5.74) is 1.16. The van der Waals surface area contributed by atoms with Crippen LogP contribution in [0.4, 0.5) is 0 Å². The highest BCUT2D eigenvalue weighted by Gasteiger charge is 2.00. The molecule has 1 aliphatic rings. The maximum atomic E-state index is 5.80. The molecule has 0 fully saturated rings. The number of hydrogen-bond donors (Lipinski definition) is 0. The zero-order valence-electron chi connectivity index (χ0n) is 8.81. The van der Waals surface area contributed by atoms with Crippen molar-refractivity contribution in [3.05, 3.63) is 66.0 Å². The van der Waals surface area contributed by atoms with E-state index in [1.165, 1.54) is 0 Å². The summed E-state index contributed by atoms with van der Waals surface area (Å²) in [5, 5.41) is 0. The van der Waals surface area contributed by atoms with Gasteiger partial charge in [0.25, 0.3) is 0 Å². The van der Waals surface area contributed by atoms with Crippen LogP contribution in [-0.4, -0.2) is 0 Å². The number of rotatable bonds is 2. The predicted molar refractivity (Wildman–Crippen MR) is 62.8 cm³/mol. The van der Waals surface area contributed by atoms with Crippen molar-refractivity contribution in [2.45, 2.75) is 13.3 Å². The highest BCUT2D eigenvalue weighted by Crippen LogP contribution is 2.20. The van der Waals surface area contributed by atoms with E-state index >= 15 is 0 Å². The minimum absolute atomic E-state index is 0.911. The zero-order chi connectivity index (χ0) is 10.5. The molecule has 1 aliphatic carbocycles. The summed E-state index contributed by atoms with van der Waals surface area (Å²) in [5.74, 6) is 1.84. The van der Waals surface area contributed by atoms with Crippen LogP contribution < -0.4 is 4.74 Å². The average Bonchev–Trinajstić information content (AvgIpc) is 2.50. The maximum absolute atomic E-state index is 5.80. The molecule has 1 nitrogen and oxygen atoms in total. The van der Waals surface area contributed by atoms with E-state index in [9.17, 15) is 0 Å². The van der Waals surface area contributed by atoms with Crippen molar-refractivity contribution in [3.63, 3.8) is 0 Å². The molecule has 0 N–H and O–H groups in total. The Balaban J connectivity index is 2.16. The van der Waals surface area contributed by atoms with Gasteiger partial charge in [0.15, 0.2) is 0 Å². The van der Waals surface area contributed by atoms with Gasteiger partial charge in [-0.2, -0.15) is 0 Å². The Morgan fingerprint density at radius 3 is 2.87 bits per heavy atom. The highest BCUT2D eigenvalue weighted by atomic mass is 16.5. The van der Waals surface area contributed by atoms with E-state index in [1.54, 1.807) is 0 Å². The molecule has 0 radical (unpaired) electrons. The Hall–Kier alpha value is -1.76. The van der Waals surface area contributed by atoms with Crippen LogP contribution in [0.2, 0.25) is 0 Å². The minimum Gasteiger partial charge on any atom is -0.457 e.